The first kappa shape index (κ1) is 8.05. The molecule has 4 unspecified atom stereocenters. The van der Waals surface area contributed by atoms with Gasteiger partial charge in [0, 0.05) is 0 Å². The topological polar surface area (TPSA) is 12.5 Å². The van der Waals surface area contributed by atoms with Crippen molar-refractivity contribution in [1.29, 1.82) is 0 Å². The minimum Gasteiger partial charge on any atom is -0.373 e. The third-order valence-corrected chi connectivity index (χ3v) is 3.92. The van der Waals surface area contributed by atoms with E-state index in [1.54, 1.807) is 0 Å². The molecule has 0 aromatic rings. The molecule has 2 bridgehead atoms. The van der Waals surface area contributed by atoms with Gasteiger partial charge in [-0.3, -0.25) is 0 Å². The molecule has 1 saturated carbocycles. The van der Waals surface area contributed by atoms with Gasteiger partial charge >= 0.3 is 0 Å². The molecule has 72 valence electrons. The first-order chi connectivity index (χ1) is 6.42. The standard InChI is InChI=1S/C12H18O/c1(3-12-8-13-12)2-10-6-9-4-5-11(10)7-9/h4-5,9-12H,1-3,6-8H2. The van der Waals surface area contributed by atoms with Crippen molar-refractivity contribution >= 4 is 0 Å². The Morgan fingerprint density at radius 1 is 1.15 bits per heavy atom. The van der Waals surface area contributed by atoms with Crippen LogP contribution in [0.5, 0.6) is 0 Å². The highest BCUT2D eigenvalue weighted by molar-refractivity contribution is 5.09. The summed E-state index contributed by atoms with van der Waals surface area (Å²) < 4.78 is 5.22. The average Bonchev–Trinajstić information content (AvgIpc) is 2.74. The second kappa shape index (κ2) is 3.13. The predicted octanol–water partition coefficient (Wildman–Crippen LogP) is 2.77. The van der Waals surface area contributed by atoms with Crippen LogP contribution in [-0.4, -0.2) is 12.7 Å². The summed E-state index contributed by atoms with van der Waals surface area (Å²) in [5.74, 6) is 2.92. The van der Waals surface area contributed by atoms with Crippen LogP contribution >= 0.6 is 0 Å². The molecule has 0 spiro atoms. The number of epoxide rings is 1. The van der Waals surface area contributed by atoms with Gasteiger partial charge in [0.2, 0.25) is 0 Å². The summed E-state index contributed by atoms with van der Waals surface area (Å²) in [7, 11) is 0. The Morgan fingerprint density at radius 2 is 2.08 bits per heavy atom. The molecule has 4 atom stereocenters. The maximum atomic E-state index is 5.22. The van der Waals surface area contributed by atoms with Gasteiger partial charge in [-0.1, -0.05) is 18.6 Å². The molecular weight excluding hydrogens is 160 g/mol. The fourth-order valence-electron chi connectivity index (χ4n) is 3.07. The van der Waals surface area contributed by atoms with Gasteiger partial charge in [0.15, 0.2) is 0 Å². The van der Waals surface area contributed by atoms with Crippen LogP contribution in [0.15, 0.2) is 12.2 Å². The summed E-state index contributed by atoms with van der Waals surface area (Å²) in [5, 5.41) is 0. The minimum absolute atomic E-state index is 0.647. The van der Waals surface area contributed by atoms with Gasteiger partial charge < -0.3 is 4.74 Å². The van der Waals surface area contributed by atoms with Crippen molar-refractivity contribution in [2.75, 3.05) is 6.61 Å². The Bertz CT molecular complexity index is 217. The summed E-state index contributed by atoms with van der Waals surface area (Å²) in [6.07, 6.45) is 12.7. The molecule has 13 heavy (non-hydrogen) atoms. The van der Waals surface area contributed by atoms with Gasteiger partial charge in [-0.05, 0) is 43.4 Å². The Morgan fingerprint density at radius 3 is 2.69 bits per heavy atom. The zero-order valence-electron chi connectivity index (χ0n) is 8.11. The molecule has 1 nitrogen and oxygen atoms in total. The molecule has 1 saturated heterocycles. The van der Waals surface area contributed by atoms with Crippen molar-refractivity contribution in [3.05, 3.63) is 12.2 Å². The van der Waals surface area contributed by atoms with Crippen LogP contribution < -0.4 is 0 Å². The first-order valence-corrected chi connectivity index (χ1v) is 5.72. The molecule has 3 aliphatic rings. The van der Waals surface area contributed by atoms with E-state index in [4.69, 9.17) is 4.74 Å². The number of rotatable bonds is 4. The number of fused-ring (bicyclic) bond motifs is 2. The fourth-order valence-corrected chi connectivity index (χ4v) is 3.07. The maximum Gasteiger partial charge on any atom is 0.0810 e. The first-order valence-electron chi connectivity index (χ1n) is 5.72. The van der Waals surface area contributed by atoms with Gasteiger partial charge in [-0.2, -0.15) is 0 Å². The zero-order valence-corrected chi connectivity index (χ0v) is 8.11. The lowest BCUT2D eigenvalue weighted by Gasteiger charge is -2.17. The van der Waals surface area contributed by atoms with Crippen molar-refractivity contribution in [3.63, 3.8) is 0 Å². The highest BCUT2D eigenvalue weighted by atomic mass is 16.6. The summed E-state index contributed by atoms with van der Waals surface area (Å²) in [5.41, 5.74) is 0. The number of ether oxygens (including phenoxy) is 1. The highest BCUT2D eigenvalue weighted by Gasteiger charge is 2.35. The van der Waals surface area contributed by atoms with E-state index in [9.17, 15) is 0 Å². The largest absolute Gasteiger partial charge is 0.373 e. The van der Waals surface area contributed by atoms with Crippen molar-refractivity contribution in [3.8, 4) is 0 Å². The lowest BCUT2D eigenvalue weighted by Crippen LogP contribution is -2.06. The van der Waals surface area contributed by atoms with E-state index in [-0.39, 0.29) is 0 Å². The van der Waals surface area contributed by atoms with Gasteiger partial charge in [-0.25, -0.2) is 0 Å². The van der Waals surface area contributed by atoms with E-state index in [0.717, 1.165) is 24.4 Å². The number of hydrogen-bond donors (Lipinski definition) is 0. The summed E-state index contributed by atoms with van der Waals surface area (Å²) in [6.45, 7) is 1.04. The molecule has 3 rings (SSSR count). The minimum atomic E-state index is 0.647. The van der Waals surface area contributed by atoms with Gasteiger partial charge in [0.05, 0.1) is 12.7 Å². The Labute approximate surface area is 80.2 Å². The molecule has 2 aliphatic carbocycles. The Hall–Kier alpha value is -0.300. The Balaban J connectivity index is 1.43. The van der Waals surface area contributed by atoms with Crippen molar-refractivity contribution in [2.45, 2.75) is 38.2 Å². The van der Waals surface area contributed by atoms with Crippen molar-refractivity contribution < 1.29 is 4.74 Å². The number of hydrogen-bond acceptors (Lipinski definition) is 1. The van der Waals surface area contributed by atoms with E-state index in [1.807, 2.05) is 0 Å². The summed E-state index contributed by atoms with van der Waals surface area (Å²) in [4.78, 5) is 0. The molecule has 0 radical (unpaired) electrons. The van der Waals surface area contributed by atoms with Crippen LogP contribution in [0.1, 0.15) is 32.1 Å². The van der Waals surface area contributed by atoms with E-state index < -0.39 is 0 Å². The molecule has 1 heteroatoms. The zero-order chi connectivity index (χ0) is 8.67. The smallest absolute Gasteiger partial charge is 0.0810 e. The molecule has 0 aromatic carbocycles. The van der Waals surface area contributed by atoms with Crippen molar-refractivity contribution in [1.82, 2.24) is 0 Å². The van der Waals surface area contributed by atoms with E-state index in [1.165, 1.54) is 32.1 Å². The molecule has 1 aliphatic heterocycles. The fraction of sp³-hybridized carbons (Fsp3) is 0.833. The lowest BCUT2D eigenvalue weighted by molar-refractivity contribution is 0.358. The summed E-state index contributed by atoms with van der Waals surface area (Å²) in [6, 6.07) is 0. The van der Waals surface area contributed by atoms with Crippen LogP contribution in [0.4, 0.5) is 0 Å². The molecule has 0 aromatic heterocycles. The third kappa shape index (κ3) is 1.67. The average molecular weight is 178 g/mol. The van der Waals surface area contributed by atoms with E-state index in [0.29, 0.717) is 6.10 Å². The van der Waals surface area contributed by atoms with Crippen LogP contribution in [0.2, 0.25) is 0 Å². The van der Waals surface area contributed by atoms with Gasteiger partial charge in [0.1, 0.15) is 0 Å². The molecule has 1 heterocycles. The molecule has 2 fully saturated rings. The lowest BCUT2D eigenvalue weighted by atomic mass is 9.89. The van der Waals surface area contributed by atoms with Crippen molar-refractivity contribution in [2.24, 2.45) is 17.8 Å². The third-order valence-electron chi connectivity index (χ3n) is 3.92. The second-order valence-electron chi connectivity index (χ2n) is 4.93. The second-order valence-corrected chi connectivity index (χ2v) is 4.93. The molecule has 0 N–H and O–H groups in total. The van der Waals surface area contributed by atoms with Gasteiger partial charge in [-0.15, -0.1) is 0 Å². The maximum absolute atomic E-state index is 5.22. The monoisotopic (exact) mass is 178 g/mol. The molecule has 0 amide bonds. The van der Waals surface area contributed by atoms with E-state index >= 15 is 0 Å². The van der Waals surface area contributed by atoms with Crippen LogP contribution in [-0.2, 0) is 4.74 Å². The van der Waals surface area contributed by atoms with Crippen LogP contribution in [0.25, 0.3) is 0 Å². The highest BCUT2D eigenvalue weighted by Crippen LogP contribution is 2.45. The van der Waals surface area contributed by atoms with E-state index in [2.05, 4.69) is 12.2 Å². The molecular formula is C12H18O. The predicted molar refractivity (Wildman–Crippen MR) is 52.4 cm³/mol. The van der Waals surface area contributed by atoms with Gasteiger partial charge in [0.25, 0.3) is 0 Å². The van der Waals surface area contributed by atoms with Crippen LogP contribution in [0, 0.1) is 17.8 Å². The van der Waals surface area contributed by atoms with Crippen LogP contribution in [0.3, 0.4) is 0 Å². The normalized spacial score (nSPS) is 45.8. The summed E-state index contributed by atoms with van der Waals surface area (Å²) >= 11 is 0. The Kier molecular flexibility index (Phi) is 1.93. The quantitative estimate of drug-likeness (QED) is 0.476. The SMILES string of the molecule is C1=CC2CC1CC2CCCC1CO1. The number of allylic oxidation sites excluding steroid dienone is 2.